The van der Waals surface area contributed by atoms with Crippen molar-refractivity contribution < 1.29 is 17.9 Å². The first-order valence-electron chi connectivity index (χ1n) is 6.86. The van der Waals surface area contributed by atoms with Gasteiger partial charge in [-0.25, -0.2) is 0 Å². The Balaban J connectivity index is 1.89. The van der Waals surface area contributed by atoms with E-state index in [1.807, 2.05) is 0 Å². The highest BCUT2D eigenvalue weighted by Crippen LogP contribution is 2.25. The van der Waals surface area contributed by atoms with Crippen LogP contribution in [0.25, 0.3) is 0 Å². The normalized spacial score (nSPS) is 16.3. The van der Waals surface area contributed by atoms with E-state index < -0.39 is 6.36 Å². The standard InChI is InChI=1S/C14H17F3N2OS/c15-14(16,17)20-12-8-4-7-11(9-12)19-13(21)18-10-5-2-1-3-6-10/h4,7-10H,1-3,5-6H2,(H2,18,19,21). The molecule has 1 aliphatic rings. The third kappa shape index (κ3) is 5.79. The molecule has 1 aromatic carbocycles. The minimum absolute atomic E-state index is 0.270. The van der Waals surface area contributed by atoms with E-state index in [0.717, 1.165) is 12.8 Å². The largest absolute Gasteiger partial charge is 0.573 e. The van der Waals surface area contributed by atoms with Crippen molar-refractivity contribution in [3.05, 3.63) is 24.3 Å². The first-order chi connectivity index (χ1) is 9.92. The average molecular weight is 318 g/mol. The molecule has 1 saturated carbocycles. The van der Waals surface area contributed by atoms with Gasteiger partial charge in [-0.15, -0.1) is 13.2 Å². The van der Waals surface area contributed by atoms with Crippen LogP contribution in [0.3, 0.4) is 0 Å². The summed E-state index contributed by atoms with van der Waals surface area (Å²) < 4.78 is 40.4. The van der Waals surface area contributed by atoms with Gasteiger partial charge < -0.3 is 15.4 Å². The second kappa shape index (κ2) is 6.98. The molecule has 0 heterocycles. The van der Waals surface area contributed by atoms with Gasteiger partial charge in [-0.1, -0.05) is 25.3 Å². The highest BCUT2D eigenvalue weighted by molar-refractivity contribution is 7.80. The van der Waals surface area contributed by atoms with Crippen molar-refractivity contribution in [2.24, 2.45) is 0 Å². The van der Waals surface area contributed by atoms with Crippen LogP contribution in [-0.4, -0.2) is 17.5 Å². The van der Waals surface area contributed by atoms with Crippen molar-refractivity contribution in [3.63, 3.8) is 0 Å². The van der Waals surface area contributed by atoms with E-state index >= 15 is 0 Å². The van der Waals surface area contributed by atoms with Gasteiger partial charge in [0, 0.05) is 17.8 Å². The Morgan fingerprint density at radius 2 is 1.90 bits per heavy atom. The lowest BCUT2D eigenvalue weighted by Gasteiger charge is -2.24. The number of hydrogen-bond acceptors (Lipinski definition) is 2. The fraction of sp³-hybridized carbons (Fsp3) is 0.500. The van der Waals surface area contributed by atoms with Gasteiger partial charge in [0.15, 0.2) is 5.11 Å². The summed E-state index contributed by atoms with van der Waals surface area (Å²) in [7, 11) is 0. The van der Waals surface area contributed by atoms with E-state index in [9.17, 15) is 13.2 Å². The molecule has 1 fully saturated rings. The van der Waals surface area contributed by atoms with Crippen molar-refractivity contribution in [2.45, 2.75) is 44.5 Å². The van der Waals surface area contributed by atoms with Crippen molar-refractivity contribution in [3.8, 4) is 5.75 Å². The Labute approximate surface area is 126 Å². The number of thiocarbonyl (C=S) groups is 1. The van der Waals surface area contributed by atoms with Gasteiger partial charge >= 0.3 is 6.36 Å². The van der Waals surface area contributed by atoms with Crippen LogP contribution in [-0.2, 0) is 0 Å². The zero-order chi connectivity index (χ0) is 15.3. The molecular weight excluding hydrogens is 301 g/mol. The Hall–Kier alpha value is -1.50. The van der Waals surface area contributed by atoms with Crippen LogP contribution in [0, 0.1) is 0 Å². The first kappa shape index (κ1) is 15.9. The van der Waals surface area contributed by atoms with Crippen molar-refractivity contribution in [2.75, 3.05) is 5.32 Å². The molecule has 0 spiro atoms. The van der Waals surface area contributed by atoms with Crippen LogP contribution in [0.2, 0.25) is 0 Å². The summed E-state index contributed by atoms with van der Waals surface area (Å²) in [5, 5.41) is 6.50. The summed E-state index contributed by atoms with van der Waals surface area (Å²) in [6, 6.07) is 5.97. The summed E-state index contributed by atoms with van der Waals surface area (Å²) in [6.45, 7) is 0. The van der Waals surface area contributed by atoms with Crippen LogP contribution in [0.1, 0.15) is 32.1 Å². The molecule has 0 amide bonds. The molecule has 1 aliphatic carbocycles. The maximum absolute atomic E-state index is 12.2. The highest BCUT2D eigenvalue weighted by atomic mass is 32.1. The summed E-state index contributed by atoms with van der Waals surface area (Å²) in [5.41, 5.74) is 0.463. The van der Waals surface area contributed by atoms with E-state index in [4.69, 9.17) is 12.2 Å². The Morgan fingerprint density at radius 1 is 1.19 bits per heavy atom. The molecule has 2 rings (SSSR count). The second-order valence-corrected chi connectivity index (χ2v) is 5.42. The number of anilines is 1. The summed E-state index contributed by atoms with van der Waals surface area (Å²) >= 11 is 5.18. The lowest BCUT2D eigenvalue weighted by atomic mass is 9.96. The third-order valence-corrected chi connectivity index (χ3v) is 3.49. The van der Waals surface area contributed by atoms with Gasteiger partial charge in [-0.2, -0.15) is 0 Å². The maximum Gasteiger partial charge on any atom is 0.573 e. The number of nitrogens with one attached hydrogen (secondary N) is 2. The van der Waals surface area contributed by atoms with E-state index in [1.54, 1.807) is 6.07 Å². The molecule has 7 heteroatoms. The summed E-state index contributed by atoms with van der Waals surface area (Å²) in [4.78, 5) is 0. The fourth-order valence-corrected chi connectivity index (χ4v) is 2.65. The van der Waals surface area contributed by atoms with E-state index in [-0.39, 0.29) is 5.75 Å². The predicted molar refractivity (Wildman–Crippen MR) is 79.4 cm³/mol. The molecule has 2 N–H and O–H groups in total. The molecule has 0 unspecified atom stereocenters. The molecule has 0 atom stereocenters. The van der Waals surface area contributed by atoms with Gasteiger partial charge in [0.25, 0.3) is 0 Å². The van der Waals surface area contributed by atoms with Crippen LogP contribution in [0.5, 0.6) is 5.75 Å². The van der Waals surface area contributed by atoms with E-state index in [0.29, 0.717) is 16.8 Å². The number of alkyl halides is 3. The predicted octanol–water partition coefficient (Wildman–Crippen LogP) is 4.20. The van der Waals surface area contributed by atoms with Crippen LogP contribution in [0.4, 0.5) is 18.9 Å². The van der Waals surface area contributed by atoms with Crippen molar-refractivity contribution >= 4 is 23.0 Å². The quantitative estimate of drug-likeness (QED) is 0.818. The molecule has 0 aliphatic heterocycles. The topological polar surface area (TPSA) is 33.3 Å². The smallest absolute Gasteiger partial charge is 0.406 e. The summed E-state index contributed by atoms with van der Waals surface area (Å²) in [5.74, 6) is -0.270. The molecule has 1 aromatic rings. The molecule has 0 bridgehead atoms. The Bertz CT molecular complexity index is 487. The molecule has 0 saturated heterocycles. The van der Waals surface area contributed by atoms with Crippen molar-refractivity contribution in [1.82, 2.24) is 5.32 Å². The lowest BCUT2D eigenvalue weighted by Crippen LogP contribution is -2.38. The SMILES string of the molecule is FC(F)(F)Oc1cccc(NC(=S)NC2CCCCC2)c1. The second-order valence-electron chi connectivity index (χ2n) is 5.01. The van der Waals surface area contributed by atoms with Gasteiger partial charge in [0.1, 0.15) is 5.75 Å². The van der Waals surface area contributed by atoms with Crippen LogP contribution < -0.4 is 15.4 Å². The number of benzene rings is 1. The third-order valence-electron chi connectivity index (χ3n) is 3.27. The number of ether oxygens (including phenoxy) is 1. The maximum atomic E-state index is 12.2. The number of halogens is 3. The Kier molecular flexibility index (Phi) is 5.27. The minimum Gasteiger partial charge on any atom is -0.406 e. The van der Waals surface area contributed by atoms with Gasteiger partial charge in [-0.05, 0) is 37.2 Å². The first-order valence-corrected chi connectivity index (χ1v) is 7.26. The number of hydrogen-bond donors (Lipinski definition) is 2. The van der Waals surface area contributed by atoms with Crippen molar-refractivity contribution in [1.29, 1.82) is 0 Å². The van der Waals surface area contributed by atoms with Gasteiger partial charge in [0.2, 0.25) is 0 Å². The lowest BCUT2D eigenvalue weighted by molar-refractivity contribution is -0.274. The molecular formula is C14H17F3N2OS. The Morgan fingerprint density at radius 3 is 2.57 bits per heavy atom. The fourth-order valence-electron chi connectivity index (χ4n) is 2.37. The average Bonchev–Trinajstić information content (AvgIpc) is 2.38. The van der Waals surface area contributed by atoms with Gasteiger partial charge in [0.05, 0.1) is 0 Å². The van der Waals surface area contributed by atoms with Crippen LogP contribution >= 0.6 is 12.2 Å². The van der Waals surface area contributed by atoms with Crippen LogP contribution in [0.15, 0.2) is 24.3 Å². The number of rotatable bonds is 3. The van der Waals surface area contributed by atoms with E-state index in [1.165, 1.54) is 37.5 Å². The molecule has 21 heavy (non-hydrogen) atoms. The summed E-state index contributed by atoms with van der Waals surface area (Å²) in [6.07, 6.45) is 1.04. The monoisotopic (exact) mass is 318 g/mol. The zero-order valence-corrected chi connectivity index (χ0v) is 12.2. The molecule has 0 aromatic heterocycles. The highest BCUT2D eigenvalue weighted by Gasteiger charge is 2.31. The van der Waals surface area contributed by atoms with E-state index in [2.05, 4.69) is 15.4 Å². The molecule has 3 nitrogen and oxygen atoms in total. The molecule has 116 valence electrons. The molecule has 0 radical (unpaired) electrons. The minimum atomic E-state index is -4.69. The van der Waals surface area contributed by atoms with Gasteiger partial charge in [-0.3, -0.25) is 0 Å². The zero-order valence-electron chi connectivity index (χ0n) is 11.4.